The number of anilines is 3. The number of hydrogen-bond acceptors (Lipinski definition) is 6. The van der Waals surface area contributed by atoms with E-state index in [4.69, 9.17) is 5.73 Å². The van der Waals surface area contributed by atoms with Gasteiger partial charge in [0.1, 0.15) is 5.82 Å². The number of aromatic amines is 1. The van der Waals surface area contributed by atoms with E-state index in [0.717, 1.165) is 22.9 Å². The molecule has 2 unspecified atom stereocenters. The Morgan fingerprint density at radius 2 is 1.91 bits per heavy atom. The number of aryl methyl sites for hydroxylation is 1. The maximum Gasteiger partial charge on any atom is 0.221 e. The number of H-pyrrole nitrogens is 1. The van der Waals surface area contributed by atoms with Crippen LogP contribution in [0, 0.1) is 12.8 Å². The molecule has 0 amide bonds. The van der Waals surface area contributed by atoms with Gasteiger partial charge in [0.15, 0.2) is 5.82 Å². The van der Waals surface area contributed by atoms with Crippen LogP contribution in [0.15, 0.2) is 35.6 Å². The quantitative estimate of drug-likeness (QED) is 0.517. The summed E-state index contributed by atoms with van der Waals surface area (Å²) >= 11 is 0. The van der Waals surface area contributed by atoms with Crippen LogP contribution in [0.1, 0.15) is 76.0 Å². The van der Waals surface area contributed by atoms with Gasteiger partial charge in [0.05, 0.1) is 0 Å². The summed E-state index contributed by atoms with van der Waals surface area (Å²) in [4.78, 5) is 9.01. The van der Waals surface area contributed by atoms with E-state index in [1.807, 2.05) is 19.2 Å². The van der Waals surface area contributed by atoms with Crippen molar-refractivity contribution in [2.75, 3.05) is 11.1 Å². The Hall–Kier alpha value is -2.67. The lowest BCUT2D eigenvalue weighted by molar-refractivity contribution is 0.296. The minimum atomic E-state index is -0.180. The number of nitrogens with zero attached hydrogens (tertiary/aromatic N) is 3. The molecule has 0 radical (unpaired) electrons. The summed E-state index contributed by atoms with van der Waals surface area (Å²) in [7, 11) is 0. The average molecular weight is 434 g/mol. The van der Waals surface area contributed by atoms with E-state index >= 15 is 0 Å². The number of rotatable bonds is 6. The molecule has 3 aliphatic carbocycles. The van der Waals surface area contributed by atoms with E-state index in [-0.39, 0.29) is 17.4 Å². The van der Waals surface area contributed by atoms with Crippen molar-refractivity contribution >= 4 is 17.6 Å². The Bertz CT molecular complexity index is 1040. The summed E-state index contributed by atoms with van der Waals surface area (Å²) in [5.74, 6) is 2.46. The Morgan fingerprint density at radius 3 is 2.59 bits per heavy atom. The standard InChI is InChI=1S/C25H35N7/c1-15-11-20(17-7-5-4-6-8-17)25(3,30-18-9-10-18)21(12-15)19-14-27-24(26)29-23(19)28-22-13-16(2)31-32-22/h11-14,17-18,21,30H,4-10H2,1-3H3,(H4,26,27,28,29,31,32). The molecule has 0 aliphatic heterocycles. The average Bonchev–Trinajstić information content (AvgIpc) is 3.49. The van der Waals surface area contributed by atoms with Crippen LogP contribution in [0.25, 0.3) is 0 Å². The largest absolute Gasteiger partial charge is 0.368 e. The molecule has 0 bridgehead atoms. The third-order valence-corrected chi connectivity index (χ3v) is 7.28. The fourth-order valence-electron chi connectivity index (χ4n) is 5.57. The first-order valence-corrected chi connectivity index (χ1v) is 12.0. The monoisotopic (exact) mass is 433 g/mol. The smallest absolute Gasteiger partial charge is 0.221 e. The van der Waals surface area contributed by atoms with Crippen LogP contribution >= 0.6 is 0 Å². The summed E-state index contributed by atoms with van der Waals surface area (Å²) in [6.45, 7) is 6.59. The lowest BCUT2D eigenvalue weighted by Gasteiger charge is -2.46. The second-order valence-electron chi connectivity index (χ2n) is 10.0. The normalized spacial score (nSPS) is 26.5. The van der Waals surface area contributed by atoms with Crippen molar-refractivity contribution in [3.05, 3.63) is 46.8 Å². The molecule has 5 N–H and O–H groups in total. The zero-order chi connectivity index (χ0) is 22.3. The number of nitrogens with one attached hydrogen (secondary N) is 3. The minimum Gasteiger partial charge on any atom is -0.368 e. The first-order chi connectivity index (χ1) is 15.4. The van der Waals surface area contributed by atoms with Crippen molar-refractivity contribution in [2.24, 2.45) is 5.92 Å². The van der Waals surface area contributed by atoms with E-state index in [0.29, 0.717) is 12.0 Å². The third kappa shape index (κ3) is 4.18. The van der Waals surface area contributed by atoms with Gasteiger partial charge in [-0.3, -0.25) is 5.10 Å². The first-order valence-electron chi connectivity index (χ1n) is 12.0. The van der Waals surface area contributed by atoms with Crippen molar-refractivity contribution < 1.29 is 0 Å². The van der Waals surface area contributed by atoms with E-state index in [2.05, 4.69) is 56.8 Å². The number of aromatic nitrogens is 4. The highest BCUT2D eigenvalue weighted by Crippen LogP contribution is 2.48. The van der Waals surface area contributed by atoms with Crippen molar-refractivity contribution in [1.82, 2.24) is 25.5 Å². The lowest BCUT2D eigenvalue weighted by atomic mass is 9.65. The molecule has 2 heterocycles. The van der Waals surface area contributed by atoms with Crippen LogP contribution in [-0.2, 0) is 0 Å². The van der Waals surface area contributed by atoms with Crippen LogP contribution in [0.5, 0.6) is 0 Å². The minimum absolute atomic E-state index is 0.105. The summed E-state index contributed by atoms with van der Waals surface area (Å²) < 4.78 is 0. The molecule has 5 rings (SSSR count). The molecule has 7 heteroatoms. The van der Waals surface area contributed by atoms with Crippen molar-refractivity contribution in [2.45, 2.75) is 83.2 Å². The number of hydrogen-bond donors (Lipinski definition) is 4. The molecule has 2 saturated carbocycles. The molecule has 0 saturated heterocycles. The Balaban J connectivity index is 1.57. The predicted molar refractivity (Wildman–Crippen MR) is 129 cm³/mol. The summed E-state index contributed by atoms with van der Waals surface area (Å²) in [5, 5.41) is 14.8. The van der Waals surface area contributed by atoms with Gasteiger partial charge >= 0.3 is 0 Å². The summed E-state index contributed by atoms with van der Waals surface area (Å²) in [5.41, 5.74) is 10.7. The molecular weight excluding hydrogens is 398 g/mol. The summed E-state index contributed by atoms with van der Waals surface area (Å²) in [6.07, 6.45) is 15.8. The number of allylic oxidation sites excluding steroid dienone is 2. The van der Waals surface area contributed by atoms with Crippen molar-refractivity contribution in [3.8, 4) is 0 Å². The Kier molecular flexibility index (Phi) is 5.53. The van der Waals surface area contributed by atoms with E-state index in [1.54, 1.807) is 5.57 Å². The van der Waals surface area contributed by atoms with Gasteiger partial charge in [0.2, 0.25) is 5.95 Å². The van der Waals surface area contributed by atoms with Gasteiger partial charge in [-0.2, -0.15) is 10.1 Å². The number of nitrogen functional groups attached to an aromatic ring is 1. The highest BCUT2D eigenvalue weighted by Gasteiger charge is 2.46. The van der Waals surface area contributed by atoms with Gasteiger partial charge in [-0.05, 0) is 57.9 Å². The van der Waals surface area contributed by atoms with Crippen molar-refractivity contribution in [3.63, 3.8) is 0 Å². The SMILES string of the molecule is CC1=CC(c2cnc(N)nc2Nc2cc(C)[nH]n2)C(C)(NC2CC2)C(C2CCCCC2)=C1. The molecule has 2 aromatic heterocycles. The molecule has 2 fully saturated rings. The predicted octanol–water partition coefficient (Wildman–Crippen LogP) is 4.89. The molecule has 32 heavy (non-hydrogen) atoms. The highest BCUT2D eigenvalue weighted by molar-refractivity contribution is 5.61. The maximum atomic E-state index is 6.01. The van der Waals surface area contributed by atoms with Crippen molar-refractivity contribution in [1.29, 1.82) is 0 Å². The Morgan fingerprint density at radius 1 is 1.12 bits per heavy atom. The van der Waals surface area contributed by atoms with Crippen LogP contribution < -0.4 is 16.4 Å². The second kappa shape index (κ2) is 8.35. The zero-order valence-corrected chi connectivity index (χ0v) is 19.4. The van der Waals surface area contributed by atoms with Crippen LogP contribution in [0.3, 0.4) is 0 Å². The Labute approximate surface area is 190 Å². The first kappa shape index (κ1) is 21.2. The van der Waals surface area contributed by atoms with Gasteiger partial charge in [0, 0.05) is 41.0 Å². The molecule has 170 valence electrons. The van der Waals surface area contributed by atoms with E-state index < -0.39 is 0 Å². The van der Waals surface area contributed by atoms with E-state index in [9.17, 15) is 0 Å². The van der Waals surface area contributed by atoms with Crippen LogP contribution in [0.4, 0.5) is 17.6 Å². The third-order valence-electron chi connectivity index (χ3n) is 7.28. The molecule has 2 aromatic rings. The molecule has 0 aromatic carbocycles. The fraction of sp³-hybridized carbons (Fsp3) is 0.560. The lowest BCUT2D eigenvalue weighted by Crippen LogP contribution is -2.52. The molecule has 7 nitrogen and oxygen atoms in total. The number of nitrogens with two attached hydrogens (primary N) is 1. The molecule has 2 atom stereocenters. The van der Waals surface area contributed by atoms with Crippen LogP contribution in [-0.4, -0.2) is 31.7 Å². The van der Waals surface area contributed by atoms with Gasteiger partial charge in [0.25, 0.3) is 0 Å². The molecule has 3 aliphatic rings. The zero-order valence-electron chi connectivity index (χ0n) is 19.4. The fourth-order valence-corrected chi connectivity index (χ4v) is 5.57. The molecular formula is C25H35N7. The van der Waals surface area contributed by atoms with Gasteiger partial charge in [-0.25, -0.2) is 4.98 Å². The highest BCUT2D eigenvalue weighted by atomic mass is 15.2. The van der Waals surface area contributed by atoms with Crippen LogP contribution in [0.2, 0.25) is 0 Å². The van der Waals surface area contributed by atoms with Gasteiger partial charge < -0.3 is 16.4 Å². The maximum absolute atomic E-state index is 6.01. The van der Waals surface area contributed by atoms with E-state index in [1.165, 1.54) is 50.5 Å². The summed E-state index contributed by atoms with van der Waals surface area (Å²) in [6, 6.07) is 2.56. The van der Waals surface area contributed by atoms with Gasteiger partial charge in [-0.1, -0.05) is 37.0 Å². The second-order valence-corrected chi connectivity index (χ2v) is 10.0. The van der Waals surface area contributed by atoms with Gasteiger partial charge in [-0.15, -0.1) is 0 Å². The topological polar surface area (TPSA) is 105 Å². The molecule has 0 spiro atoms.